The lowest BCUT2D eigenvalue weighted by Crippen LogP contribution is -2.37. The number of nitrogens with one attached hydrogen (secondary N) is 2. The molecule has 6 rings (SSSR count). The highest BCUT2D eigenvalue weighted by atomic mass is 32.2. The van der Waals surface area contributed by atoms with Gasteiger partial charge in [-0.15, -0.1) is 0 Å². The van der Waals surface area contributed by atoms with E-state index in [1.54, 1.807) is 23.5 Å². The van der Waals surface area contributed by atoms with Crippen LogP contribution in [0.5, 0.6) is 11.5 Å². The zero-order valence-electron chi connectivity index (χ0n) is 24.6. The molecule has 228 valence electrons. The third-order valence-electron chi connectivity index (χ3n) is 6.99. The van der Waals surface area contributed by atoms with Crippen molar-refractivity contribution in [3.8, 4) is 11.5 Å². The van der Waals surface area contributed by atoms with Crippen molar-refractivity contribution in [3.63, 3.8) is 0 Å². The van der Waals surface area contributed by atoms with Gasteiger partial charge in [0, 0.05) is 62.9 Å². The number of rotatable bonds is 12. The fourth-order valence-electron chi connectivity index (χ4n) is 4.77. The molecule has 4 aromatic rings. The van der Waals surface area contributed by atoms with Gasteiger partial charge in [0.15, 0.2) is 10.3 Å². The maximum atomic E-state index is 5.51. The molecule has 2 aliphatic heterocycles. The van der Waals surface area contributed by atoms with Crippen LogP contribution >= 0.6 is 23.5 Å². The summed E-state index contributed by atoms with van der Waals surface area (Å²) in [5.41, 5.74) is 4.06. The van der Waals surface area contributed by atoms with Crippen LogP contribution < -0.4 is 9.47 Å². The average molecular weight is 615 g/mol. The first-order valence-corrected chi connectivity index (χ1v) is 16.8. The van der Waals surface area contributed by atoms with Crippen LogP contribution in [-0.2, 0) is 9.47 Å². The van der Waals surface area contributed by atoms with Crippen LogP contribution in [0.4, 0.5) is 0 Å². The predicted molar refractivity (Wildman–Crippen MR) is 170 cm³/mol. The molecule has 4 heterocycles. The van der Waals surface area contributed by atoms with Crippen molar-refractivity contribution < 1.29 is 18.9 Å². The molecule has 2 aromatic carbocycles. The lowest BCUT2D eigenvalue weighted by Gasteiger charge is -2.26. The summed E-state index contributed by atoms with van der Waals surface area (Å²) in [7, 11) is 0. The quantitative estimate of drug-likeness (QED) is 0.217. The molecular formula is C30H42N6O4S2. The normalized spacial score (nSPS) is 16.4. The summed E-state index contributed by atoms with van der Waals surface area (Å²) in [4.78, 5) is 20.8. The Morgan fingerprint density at radius 3 is 1.52 bits per heavy atom. The number of fused-ring (bicyclic) bond motifs is 2. The lowest BCUT2D eigenvalue weighted by molar-refractivity contribution is 0.0409. The molecule has 2 aliphatic rings. The largest absolute Gasteiger partial charge is 0.494 e. The number of nitrogens with zero attached hydrogens (tertiary/aromatic N) is 4. The monoisotopic (exact) mass is 614 g/mol. The highest BCUT2D eigenvalue weighted by Crippen LogP contribution is 2.24. The molecule has 2 fully saturated rings. The van der Waals surface area contributed by atoms with Gasteiger partial charge < -0.3 is 28.9 Å². The molecule has 12 heteroatoms. The Labute approximate surface area is 256 Å². The smallest absolute Gasteiger partial charge is 0.166 e. The first-order chi connectivity index (χ1) is 20.7. The molecule has 42 heavy (non-hydrogen) atoms. The van der Waals surface area contributed by atoms with E-state index in [9.17, 15) is 0 Å². The van der Waals surface area contributed by atoms with E-state index in [0.717, 1.165) is 121 Å². The number of hydrogen-bond donors (Lipinski definition) is 2. The van der Waals surface area contributed by atoms with Gasteiger partial charge in [-0.05, 0) is 38.1 Å². The maximum absolute atomic E-state index is 5.51. The molecule has 0 atom stereocenters. The molecule has 0 radical (unpaired) electrons. The van der Waals surface area contributed by atoms with Crippen molar-refractivity contribution in [2.24, 2.45) is 0 Å². The zero-order chi connectivity index (χ0) is 29.0. The van der Waals surface area contributed by atoms with Gasteiger partial charge in [-0.25, -0.2) is 9.97 Å². The number of benzene rings is 2. The van der Waals surface area contributed by atoms with Crippen LogP contribution in [0.15, 0.2) is 46.7 Å². The van der Waals surface area contributed by atoms with Crippen LogP contribution in [-0.4, -0.2) is 120 Å². The van der Waals surface area contributed by atoms with Crippen LogP contribution in [0.1, 0.15) is 13.8 Å². The topological polar surface area (TPSA) is 101 Å². The highest BCUT2D eigenvalue weighted by molar-refractivity contribution is 7.99. The molecule has 10 nitrogen and oxygen atoms in total. The Morgan fingerprint density at radius 1 is 0.690 bits per heavy atom. The molecule has 0 amide bonds. The number of ether oxygens (including phenoxy) is 4. The number of H-pyrrole nitrogens is 2. The van der Waals surface area contributed by atoms with Gasteiger partial charge in [0.05, 0.1) is 61.7 Å². The minimum atomic E-state index is 0.681. The maximum Gasteiger partial charge on any atom is 0.166 e. The highest BCUT2D eigenvalue weighted by Gasteiger charge is 2.12. The predicted octanol–water partition coefficient (Wildman–Crippen LogP) is 4.77. The molecular weight excluding hydrogens is 573 g/mol. The number of aromatic nitrogens is 4. The summed E-state index contributed by atoms with van der Waals surface area (Å²) in [6.45, 7) is 15.1. The molecule has 2 N–H and O–H groups in total. The molecule has 0 aliphatic carbocycles. The van der Waals surface area contributed by atoms with Gasteiger partial charge in [0.1, 0.15) is 11.5 Å². The fourth-order valence-corrected chi connectivity index (χ4v) is 6.55. The Morgan fingerprint density at radius 2 is 1.12 bits per heavy atom. The van der Waals surface area contributed by atoms with E-state index in [1.165, 1.54) is 0 Å². The van der Waals surface area contributed by atoms with Gasteiger partial charge in [-0.1, -0.05) is 23.5 Å². The second-order valence-corrected chi connectivity index (χ2v) is 12.1. The molecule has 2 saturated heterocycles. The van der Waals surface area contributed by atoms with E-state index in [1.807, 2.05) is 50.2 Å². The molecule has 0 spiro atoms. The fraction of sp³-hybridized carbons (Fsp3) is 0.533. The average Bonchev–Trinajstić information content (AvgIpc) is 3.62. The van der Waals surface area contributed by atoms with Crippen molar-refractivity contribution in [2.45, 2.75) is 24.2 Å². The van der Waals surface area contributed by atoms with Gasteiger partial charge >= 0.3 is 0 Å². The zero-order valence-corrected chi connectivity index (χ0v) is 26.2. The SMILES string of the molecule is CCOc1ccc2nc(SCCN3CCOCC3)[nH]c2c1.CCOc1ccc2nc(SCCN3CCOCC3)[nH]c2c1. The molecule has 0 saturated carbocycles. The van der Waals surface area contributed by atoms with Crippen LogP contribution in [0.2, 0.25) is 0 Å². The summed E-state index contributed by atoms with van der Waals surface area (Å²) >= 11 is 3.54. The Kier molecular flexibility index (Phi) is 12.1. The summed E-state index contributed by atoms with van der Waals surface area (Å²) < 4.78 is 21.7. The van der Waals surface area contributed by atoms with Gasteiger partial charge in [0.2, 0.25) is 0 Å². The van der Waals surface area contributed by atoms with E-state index < -0.39 is 0 Å². The van der Waals surface area contributed by atoms with Crippen LogP contribution in [0.3, 0.4) is 0 Å². The number of hydrogen-bond acceptors (Lipinski definition) is 10. The van der Waals surface area contributed by atoms with Crippen molar-refractivity contribution in [2.75, 3.05) is 90.4 Å². The lowest BCUT2D eigenvalue weighted by atomic mass is 10.3. The molecule has 0 unspecified atom stereocenters. The first kappa shape index (κ1) is 31.0. The molecule has 2 aromatic heterocycles. The first-order valence-electron chi connectivity index (χ1n) is 14.8. The van der Waals surface area contributed by atoms with Gasteiger partial charge in [-0.3, -0.25) is 9.80 Å². The van der Waals surface area contributed by atoms with Crippen molar-refractivity contribution >= 4 is 45.6 Å². The Balaban J connectivity index is 0.000000168. The third-order valence-corrected chi connectivity index (χ3v) is 8.69. The summed E-state index contributed by atoms with van der Waals surface area (Å²) in [5.74, 6) is 3.85. The summed E-state index contributed by atoms with van der Waals surface area (Å²) in [6.07, 6.45) is 0. The number of thioether (sulfide) groups is 2. The standard InChI is InChI=1S/2C15H21N3O2S/c2*1-2-20-12-3-4-13-14(11-12)17-15(16-13)21-10-7-18-5-8-19-9-6-18/h2*3-4,11H,2,5-10H2,1H3,(H,16,17). The number of aromatic amines is 2. The van der Waals surface area contributed by atoms with E-state index in [2.05, 4.69) is 29.7 Å². The second kappa shape index (κ2) is 16.4. The number of morpholine rings is 2. The Hall–Kier alpha value is -2.48. The third kappa shape index (κ3) is 9.26. The van der Waals surface area contributed by atoms with Crippen molar-refractivity contribution in [1.29, 1.82) is 0 Å². The van der Waals surface area contributed by atoms with E-state index in [0.29, 0.717) is 13.2 Å². The van der Waals surface area contributed by atoms with E-state index in [4.69, 9.17) is 18.9 Å². The van der Waals surface area contributed by atoms with Crippen molar-refractivity contribution in [3.05, 3.63) is 36.4 Å². The van der Waals surface area contributed by atoms with Crippen LogP contribution in [0, 0.1) is 0 Å². The van der Waals surface area contributed by atoms with Crippen molar-refractivity contribution in [1.82, 2.24) is 29.7 Å². The Bertz CT molecular complexity index is 1270. The summed E-state index contributed by atoms with van der Waals surface area (Å²) in [6, 6.07) is 12.0. The van der Waals surface area contributed by atoms with Gasteiger partial charge in [0.25, 0.3) is 0 Å². The minimum absolute atomic E-state index is 0.681. The summed E-state index contributed by atoms with van der Waals surface area (Å²) in [5, 5.41) is 1.96. The van der Waals surface area contributed by atoms with Gasteiger partial charge in [-0.2, -0.15) is 0 Å². The second-order valence-electron chi connectivity index (χ2n) is 9.91. The van der Waals surface area contributed by atoms with Crippen LogP contribution in [0.25, 0.3) is 22.1 Å². The van der Waals surface area contributed by atoms with E-state index >= 15 is 0 Å². The molecule has 0 bridgehead atoms. The number of imidazole rings is 2. The van der Waals surface area contributed by atoms with E-state index in [-0.39, 0.29) is 0 Å². The minimum Gasteiger partial charge on any atom is -0.494 e.